The van der Waals surface area contributed by atoms with E-state index in [2.05, 4.69) is 10.5 Å². The molecule has 1 aromatic carbocycles. The van der Waals surface area contributed by atoms with Crippen molar-refractivity contribution in [2.45, 2.75) is 6.42 Å². The summed E-state index contributed by atoms with van der Waals surface area (Å²) in [4.78, 5) is 12.7. The summed E-state index contributed by atoms with van der Waals surface area (Å²) in [5.74, 6) is 0.261. The number of aromatic hydroxyl groups is 1. The topological polar surface area (TPSA) is 80.2 Å². The molecule has 0 spiro atoms. The first-order valence-electron chi connectivity index (χ1n) is 6.43. The minimum atomic E-state index is -0.198. The molecule has 0 aliphatic carbocycles. The molecule has 0 aliphatic heterocycles. The Morgan fingerprint density at radius 2 is 2.05 bits per heavy atom. The number of carbonyl (C=O) groups excluding carboxylic acids is 1. The van der Waals surface area contributed by atoms with Gasteiger partial charge >= 0.3 is 0 Å². The van der Waals surface area contributed by atoms with Gasteiger partial charge in [0.25, 0.3) is 0 Å². The predicted octanol–water partition coefficient (Wildman–Crippen LogP) is 2.16. The number of thiophene rings is 1. The van der Waals surface area contributed by atoms with Crippen LogP contribution in [0.5, 0.6) is 17.2 Å². The second-order valence-electron chi connectivity index (χ2n) is 4.32. The summed E-state index contributed by atoms with van der Waals surface area (Å²) in [6.07, 6.45) is 1.74. The van der Waals surface area contributed by atoms with Crippen molar-refractivity contribution in [1.82, 2.24) is 5.43 Å². The van der Waals surface area contributed by atoms with Gasteiger partial charge in [0.05, 0.1) is 26.9 Å². The number of hydrazone groups is 1. The van der Waals surface area contributed by atoms with Gasteiger partial charge in [-0.1, -0.05) is 6.07 Å². The van der Waals surface area contributed by atoms with E-state index in [4.69, 9.17) is 9.47 Å². The Kier molecular flexibility index (Phi) is 5.37. The van der Waals surface area contributed by atoms with Gasteiger partial charge in [-0.25, -0.2) is 5.43 Å². The van der Waals surface area contributed by atoms with Crippen LogP contribution in [-0.4, -0.2) is 31.4 Å². The summed E-state index contributed by atoms with van der Waals surface area (Å²) in [5, 5.41) is 15.6. The maximum absolute atomic E-state index is 11.7. The van der Waals surface area contributed by atoms with Gasteiger partial charge in [0.15, 0.2) is 11.5 Å². The highest BCUT2D eigenvalue weighted by molar-refractivity contribution is 7.10. The number of rotatable bonds is 6. The van der Waals surface area contributed by atoms with E-state index in [9.17, 15) is 9.90 Å². The normalized spacial score (nSPS) is 10.6. The Bertz CT molecular complexity index is 643. The maximum atomic E-state index is 11.7. The van der Waals surface area contributed by atoms with Crippen molar-refractivity contribution in [2.75, 3.05) is 14.2 Å². The fourth-order valence-corrected chi connectivity index (χ4v) is 2.48. The number of amides is 1. The Morgan fingerprint density at radius 1 is 1.36 bits per heavy atom. The van der Waals surface area contributed by atoms with Crippen molar-refractivity contribution >= 4 is 23.5 Å². The number of phenolic OH excluding ortho intramolecular Hbond substituents is 1. The number of nitrogens with one attached hydrogen (secondary N) is 1. The smallest absolute Gasteiger partial charge is 0.245 e. The fraction of sp³-hybridized carbons (Fsp3) is 0.200. The summed E-state index contributed by atoms with van der Waals surface area (Å²) in [7, 11) is 2.89. The molecular formula is C15H16N2O4S. The molecule has 0 fully saturated rings. The molecular weight excluding hydrogens is 304 g/mol. The third-order valence-electron chi connectivity index (χ3n) is 2.82. The summed E-state index contributed by atoms with van der Waals surface area (Å²) in [5.41, 5.74) is 3.08. The van der Waals surface area contributed by atoms with Crippen molar-refractivity contribution in [1.29, 1.82) is 0 Å². The Morgan fingerprint density at radius 3 is 2.59 bits per heavy atom. The fourth-order valence-electron chi connectivity index (χ4n) is 1.78. The molecule has 7 heteroatoms. The first kappa shape index (κ1) is 15.8. The lowest BCUT2D eigenvalue weighted by atomic mass is 10.2. The Hall–Kier alpha value is -2.54. The molecule has 1 heterocycles. The van der Waals surface area contributed by atoms with Crippen LogP contribution in [-0.2, 0) is 11.2 Å². The number of carbonyl (C=O) groups is 1. The zero-order valence-corrected chi connectivity index (χ0v) is 13.0. The number of ether oxygens (including phenoxy) is 2. The second kappa shape index (κ2) is 7.46. The van der Waals surface area contributed by atoms with E-state index in [1.165, 1.54) is 31.8 Å². The Labute approximate surface area is 132 Å². The van der Waals surface area contributed by atoms with Gasteiger partial charge in [-0.05, 0) is 23.6 Å². The lowest BCUT2D eigenvalue weighted by molar-refractivity contribution is -0.120. The van der Waals surface area contributed by atoms with E-state index in [1.807, 2.05) is 17.5 Å². The van der Waals surface area contributed by atoms with E-state index in [0.717, 1.165) is 4.88 Å². The molecule has 22 heavy (non-hydrogen) atoms. The van der Waals surface area contributed by atoms with Crippen molar-refractivity contribution in [3.63, 3.8) is 0 Å². The van der Waals surface area contributed by atoms with Crippen molar-refractivity contribution in [2.24, 2.45) is 5.10 Å². The highest BCUT2D eigenvalue weighted by Gasteiger charge is 2.10. The third-order valence-corrected chi connectivity index (χ3v) is 3.70. The molecule has 1 aromatic heterocycles. The number of hydrogen-bond donors (Lipinski definition) is 2. The first-order valence-corrected chi connectivity index (χ1v) is 7.31. The number of hydrogen-bond acceptors (Lipinski definition) is 6. The third kappa shape index (κ3) is 3.98. The molecule has 0 saturated carbocycles. The van der Waals surface area contributed by atoms with Gasteiger partial charge in [0.2, 0.25) is 11.7 Å². The van der Waals surface area contributed by atoms with Crippen LogP contribution in [0.4, 0.5) is 0 Å². The Balaban J connectivity index is 2.02. The van der Waals surface area contributed by atoms with Crippen molar-refractivity contribution in [3.05, 3.63) is 40.1 Å². The van der Waals surface area contributed by atoms with E-state index in [-0.39, 0.29) is 29.6 Å². The van der Waals surface area contributed by atoms with Crippen LogP contribution < -0.4 is 14.9 Å². The molecule has 116 valence electrons. The van der Waals surface area contributed by atoms with Gasteiger partial charge in [-0.2, -0.15) is 5.10 Å². The minimum absolute atomic E-state index is 0.0797. The largest absolute Gasteiger partial charge is 0.502 e. The van der Waals surface area contributed by atoms with Crippen LogP contribution in [0.3, 0.4) is 0 Å². The summed E-state index contributed by atoms with van der Waals surface area (Å²) < 4.78 is 10.1. The zero-order chi connectivity index (χ0) is 15.9. The number of phenols is 1. The summed E-state index contributed by atoms with van der Waals surface area (Å²) >= 11 is 1.52. The van der Waals surface area contributed by atoms with Gasteiger partial charge < -0.3 is 14.6 Å². The quantitative estimate of drug-likeness (QED) is 0.631. The molecule has 0 aliphatic rings. The lowest BCUT2D eigenvalue weighted by Gasteiger charge is -2.09. The van der Waals surface area contributed by atoms with Crippen LogP contribution in [0.25, 0.3) is 0 Å². The first-order chi connectivity index (χ1) is 10.6. The minimum Gasteiger partial charge on any atom is -0.502 e. The number of benzene rings is 1. The van der Waals surface area contributed by atoms with E-state index >= 15 is 0 Å². The molecule has 0 bridgehead atoms. The maximum Gasteiger partial charge on any atom is 0.245 e. The van der Waals surface area contributed by atoms with Gasteiger partial charge in [0.1, 0.15) is 0 Å². The van der Waals surface area contributed by atoms with Gasteiger partial charge in [-0.15, -0.1) is 11.3 Å². The SMILES string of the molecule is COc1cc(/C=N\NC(=O)Cc2cccs2)cc(OC)c1O. The summed E-state index contributed by atoms with van der Waals surface area (Å²) in [6, 6.07) is 6.97. The van der Waals surface area contributed by atoms with Gasteiger partial charge in [0, 0.05) is 10.4 Å². The van der Waals surface area contributed by atoms with E-state index in [1.54, 1.807) is 12.1 Å². The van der Waals surface area contributed by atoms with Crippen LogP contribution in [0.2, 0.25) is 0 Å². The molecule has 6 nitrogen and oxygen atoms in total. The van der Waals surface area contributed by atoms with Crippen LogP contribution in [0, 0.1) is 0 Å². The molecule has 0 saturated heterocycles. The lowest BCUT2D eigenvalue weighted by Crippen LogP contribution is -2.19. The zero-order valence-electron chi connectivity index (χ0n) is 12.2. The number of nitrogens with zero attached hydrogens (tertiary/aromatic N) is 1. The second-order valence-corrected chi connectivity index (χ2v) is 5.36. The molecule has 0 radical (unpaired) electrons. The average Bonchev–Trinajstić information content (AvgIpc) is 3.01. The van der Waals surface area contributed by atoms with Crippen molar-refractivity contribution in [3.8, 4) is 17.2 Å². The molecule has 2 N–H and O–H groups in total. The number of methoxy groups -OCH3 is 2. The summed E-state index contributed by atoms with van der Waals surface area (Å²) in [6.45, 7) is 0. The average molecular weight is 320 g/mol. The van der Waals surface area contributed by atoms with Crippen molar-refractivity contribution < 1.29 is 19.4 Å². The van der Waals surface area contributed by atoms with Crippen LogP contribution in [0.15, 0.2) is 34.7 Å². The molecule has 2 aromatic rings. The monoisotopic (exact) mass is 320 g/mol. The highest BCUT2D eigenvalue weighted by atomic mass is 32.1. The van der Waals surface area contributed by atoms with Gasteiger partial charge in [-0.3, -0.25) is 4.79 Å². The molecule has 1 amide bonds. The van der Waals surface area contributed by atoms with E-state index in [0.29, 0.717) is 5.56 Å². The molecule has 0 atom stereocenters. The highest BCUT2D eigenvalue weighted by Crippen LogP contribution is 2.36. The molecule has 0 unspecified atom stereocenters. The molecule has 2 rings (SSSR count). The predicted molar refractivity (Wildman–Crippen MR) is 85.0 cm³/mol. The van der Waals surface area contributed by atoms with Crippen LogP contribution in [0.1, 0.15) is 10.4 Å². The van der Waals surface area contributed by atoms with Crippen LogP contribution >= 0.6 is 11.3 Å². The standard InChI is InChI=1S/C15H16N2O4S/c1-20-12-6-10(7-13(21-2)15(12)19)9-16-17-14(18)8-11-4-3-5-22-11/h3-7,9,19H,8H2,1-2H3,(H,17,18)/b16-9-. The van der Waals surface area contributed by atoms with E-state index < -0.39 is 0 Å².